The van der Waals surface area contributed by atoms with Gasteiger partial charge in [-0.05, 0) is 35.7 Å². The molecule has 0 fully saturated rings. The highest BCUT2D eigenvalue weighted by molar-refractivity contribution is 7.80. The predicted molar refractivity (Wildman–Crippen MR) is 72.9 cm³/mol. The normalized spacial score (nSPS) is 13.9. The fourth-order valence-electron chi connectivity index (χ4n) is 1.72. The van der Waals surface area contributed by atoms with Crippen molar-refractivity contribution in [1.82, 2.24) is 0 Å². The SMILES string of the molecule is Cc1ccc(OP(=O)(O)Cl)cc1-c1ccccc1. The summed E-state index contributed by atoms with van der Waals surface area (Å²) in [5.74, 6) is 0.278. The van der Waals surface area contributed by atoms with Crippen LogP contribution in [-0.4, -0.2) is 4.89 Å². The molecule has 0 bridgehead atoms. The van der Waals surface area contributed by atoms with Crippen LogP contribution in [-0.2, 0) is 4.57 Å². The second kappa shape index (κ2) is 5.15. The number of hydrogen-bond acceptors (Lipinski definition) is 2. The summed E-state index contributed by atoms with van der Waals surface area (Å²) in [7, 11) is 0. The molecule has 0 aliphatic heterocycles. The number of halogens is 1. The van der Waals surface area contributed by atoms with Crippen LogP contribution in [0, 0.1) is 6.92 Å². The topological polar surface area (TPSA) is 46.5 Å². The van der Waals surface area contributed by atoms with Gasteiger partial charge >= 0.3 is 6.95 Å². The van der Waals surface area contributed by atoms with Crippen LogP contribution in [0.25, 0.3) is 11.1 Å². The first-order valence-electron chi connectivity index (χ1n) is 5.34. The molecule has 0 amide bonds. The van der Waals surface area contributed by atoms with Gasteiger partial charge in [0.15, 0.2) is 0 Å². The first-order chi connectivity index (χ1) is 8.46. The summed E-state index contributed by atoms with van der Waals surface area (Å²) in [6.45, 7) is -2.08. The lowest BCUT2D eigenvalue weighted by atomic mass is 10.0. The molecule has 0 radical (unpaired) electrons. The quantitative estimate of drug-likeness (QED) is 0.850. The molecule has 0 heterocycles. The molecule has 0 aliphatic rings. The van der Waals surface area contributed by atoms with Gasteiger partial charge in [-0.2, -0.15) is 0 Å². The molecule has 0 spiro atoms. The van der Waals surface area contributed by atoms with E-state index in [4.69, 9.17) is 20.7 Å². The Kier molecular flexibility index (Phi) is 3.76. The van der Waals surface area contributed by atoms with Gasteiger partial charge in [0.25, 0.3) is 0 Å². The number of rotatable bonds is 3. The zero-order valence-corrected chi connectivity index (χ0v) is 11.4. The predicted octanol–water partition coefficient (Wildman–Crippen LogP) is 4.38. The molecule has 0 aliphatic carbocycles. The van der Waals surface area contributed by atoms with Gasteiger partial charge < -0.3 is 9.42 Å². The maximum atomic E-state index is 11.0. The lowest BCUT2D eigenvalue weighted by molar-refractivity contribution is 0.401. The van der Waals surface area contributed by atoms with Crippen molar-refractivity contribution < 1.29 is 14.0 Å². The Morgan fingerprint density at radius 2 is 1.83 bits per heavy atom. The Labute approximate surface area is 110 Å². The molecule has 3 nitrogen and oxygen atoms in total. The highest BCUT2D eigenvalue weighted by Crippen LogP contribution is 2.48. The Morgan fingerprint density at radius 3 is 2.44 bits per heavy atom. The summed E-state index contributed by atoms with van der Waals surface area (Å²) in [5, 5.41) is 0. The van der Waals surface area contributed by atoms with Crippen LogP contribution < -0.4 is 4.52 Å². The largest absolute Gasteiger partial charge is 0.474 e. The van der Waals surface area contributed by atoms with Gasteiger partial charge in [-0.25, -0.2) is 4.57 Å². The third-order valence-electron chi connectivity index (χ3n) is 2.51. The Bertz CT molecular complexity index is 592. The van der Waals surface area contributed by atoms with E-state index in [2.05, 4.69) is 0 Å². The van der Waals surface area contributed by atoms with Crippen molar-refractivity contribution >= 4 is 18.2 Å². The summed E-state index contributed by atoms with van der Waals surface area (Å²) >= 11 is 5.19. The van der Waals surface area contributed by atoms with Gasteiger partial charge in [-0.15, -0.1) is 0 Å². The van der Waals surface area contributed by atoms with Crippen molar-refractivity contribution in [3.63, 3.8) is 0 Å². The summed E-state index contributed by atoms with van der Waals surface area (Å²) in [5.41, 5.74) is 3.01. The number of benzene rings is 2. The van der Waals surface area contributed by atoms with E-state index in [0.717, 1.165) is 16.7 Å². The number of aryl methyl sites for hydroxylation is 1. The second-order valence-electron chi connectivity index (χ2n) is 3.89. The van der Waals surface area contributed by atoms with Crippen molar-refractivity contribution in [2.45, 2.75) is 6.92 Å². The number of hydrogen-bond donors (Lipinski definition) is 1. The van der Waals surface area contributed by atoms with Crippen LogP contribution in [0.4, 0.5) is 0 Å². The lowest BCUT2D eigenvalue weighted by Crippen LogP contribution is -1.88. The molecule has 1 N–H and O–H groups in total. The van der Waals surface area contributed by atoms with Crippen LogP contribution in [0.5, 0.6) is 5.75 Å². The van der Waals surface area contributed by atoms with E-state index in [9.17, 15) is 4.57 Å². The molecule has 5 heteroatoms. The zero-order valence-electron chi connectivity index (χ0n) is 9.71. The Balaban J connectivity index is 2.42. The fraction of sp³-hybridized carbons (Fsp3) is 0.0769. The molecule has 2 aromatic carbocycles. The molecule has 0 aromatic heterocycles. The fourth-order valence-corrected chi connectivity index (χ4v) is 2.33. The van der Waals surface area contributed by atoms with Crippen molar-refractivity contribution in [3.8, 4) is 16.9 Å². The van der Waals surface area contributed by atoms with E-state index in [-0.39, 0.29) is 5.75 Å². The molecule has 1 unspecified atom stereocenters. The van der Waals surface area contributed by atoms with Crippen LogP contribution in [0.2, 0.25) is 0 Å². The minimum Gasteiger partial charge on any atom is -0.413 e. The minimum absolute atomic E-state index is 0.278. The van der Waals surface area contributed by atoms with Crippen molar-refractivity contribution in [2.24, 2.45) is 0 Å². The Hall–Kier alpha value is -1.28. The van der Waals surface area contributed by atoms with Gasteiger partial charge in [0.2, 0.25) is 0 Å². The van der Waals surface area contributed by atoms with Gasteiger partial charge in [0.05, 0.1) is 0 Å². The Morgan fingerprint density at radius 1 is 1.17 bits per heavy atom. The average Bonchev–Trinajstić information content (AvgIpc) is 2.31. The molecule has 94 valence electrons. The molecule has 0 saturated carbocycles. The van der Waals surface area contributed by atoms with E-state index in [1.807, 2.05) is 43.3 Å². The van der Waals surface area contributed by atoms with Gasteiger partial charge in [0.1, 0.15) is 5.75 Å². The monoisotopic (exact) mass is 282 g/mol. The van der Waals surface area contributed by atoms with Crippen molar-refractivity contribution in [3.05, 3.63) is 54.1 Å². The highest BCUT2D eigenvalue weighted by atomic mass is 35.7. The summed E-state index contributed by atoms with van der Waals surface area (Å²) < 4.78 is 15.8. The van der Waals surface area contributed by atoms with Crippen molar-refractivity contribution in [2.75, 3.05) is 0 Å². The molecular formula is C13H12ClO3P. The van der Waals surface area contributed by atoms with Gasteiger partial charge in [-0.3, -0.25) is 0 Å². The summed E-state index contributed by atoms with van der Waals surface area (Å²) in [4.78, 5) is 9.00. The minimum atomic E-state index is -4.04. The molecule has 1 atom stereocenters. The maximum absolute atomic E-state index is 11.0. The van der Waals surface area contributed by atoms with Crippen molar-refractivity contribution in [1.29, 1.82) is 0 Å². The van der Waals surface area contributed by atoms with E-state index in [1.165, 1.54) is 0 Å². The van der Waals surface area contributed by atoms with Gasteiger partial charge in [0, 0.05) is 11.2 Å². The third kappa shape index (κ3) is 3.36. The maximum Gasteiger partial charge on any atom is 0.474 e. The summed E-state index contributed by atoms with van der Waals surface area (Å²) in [6.07, 6.45) is 0. The second-order valence-corrected chi connectivity index (χ2v) is 6.25. The molecule has 18 heavy (non-hydrogen) atoms. The average molecular weight is 283 g/mol. The first kappa shape index (κ1) is 13.2. The van der Waals surface area contributed by atoms with E-state index in [0.29, 0.717) is 0 Å². The van der Waals surface area contributed by atoms with Crippen LogP contribution in [0.15, 0.2) is 48.5 Å². The van der Waals surface area contributed by atoms with E-state index >= 15 is 0 Å². The molecule has 2 rings (SSSR count). The third-order valence-corrected chi connectivity index (χ3v) is 3.15. The lowest BCUT2D eigenvalue weighted by Gasteiger charge is -2.10. The molecule has 0 saturated heterocycles. The first-order valence-corrected chi connectivity index (χ1v) is 7.82. The standard InChI is InChI=1S/C13H12ClO3P/c1-10-7-8-12(17-18(14,15)16)9-13(10)11-5-3-2-4-6-11/h2-9H,1H3,(H,15,16). The smallest absolute Gasteiger partial charge is 0.413 e. The highest BCUT2D eigenvalue weighted by Gasteiger charge is 2.16. The van der Waals surface area contributed by atoms with Gasteiger partial charge in [-0.1, -0.05) is 36.4 Å². The van der Waals surface area contributed by atoms with Crippen LogP contribution >= 0.6 is 18.2 Å². The summed E-state index contributed by atoms with van der Waals surface area (Å²) in [6, 6.07) is 14.9. The van der Waals surface area contributed by atoms with E-state index < -0.39 is 6.95 Å². The molecule has 2 aromatic rings. The zero-order chi connectivity index (χ0) is 13.2. The van der Waals surface area contributed by atoms with Crippen LogP contribution in [0.3, 0.4) is 0 Å². The van der Waals surface area contributed by atoms with E-state index in [1.54, 1.807) is 12.1 Å². The van der Waals surface area contributed by atoms with Crippen LogP contribution in [0.1, 0.15) is 5.56 Å². The molecular weight excluding hydrogens is 271 g/mol.